The molecule has 2 aromatic carbocycles. The highest BCUT2D eigenvalue weighted by Gasteiger charge is 2.34. The van der Waals surface area contributed by atoms with Gasteiger partial charge in [0.2, 0.25) is 15.9 Å². The van der Waals surface area contributed by atoms with Gasteiger partial charge in [-0.15, -0.1) is 0 Å². The van der Waals surface area contributed by atoms with Crippen LogP contribution in [-0.2, 0) is 14.8 Å². The molecule has 1 N–H and O–H groups in total. The fourth-order valence-corrected chi connectivity index (χ4v) is 5.30. The van der Waals surface area contributed by atoms with Gasteiger partial charge in [-0.25, -0.2) is 8.42 Å². The summed E-state index contributed by atoms with van der Waals surface area (Å²) in [6, 6.07) is 13.8. The minimum Gasteiger partial charge on any atom is -0.492 e. The lowest BCUT2D eigenvalue weighted by atomic mass is 10.0. The summed E-state index contributed by atoms with van der Waals surface area (Å²) < 4.78 is 33.4. The number of benzene rings is 2. The average Bonchev–Trinajstić information content (AvgIpc) is 2.70. The van der Waals surface area contributed by atoms with Gasteiger partial charge >= 0.3 is 0 Å². The molecule has 0 aromatic heterocycles. The SMILES string of the molecule is CCOc1ccccc1NC(=O)C[C@H]1CCCCN1S(=O)(=O)c1ccc(C)cc1. The van der Waals surface area contributed by atoms with Gasteiger partial charge in [0, 0.05) is 19.0 Å². The normalized spacial score (nSPS) is 17.7. The molecule has 6 nitrogen and oxygen atoms in total. The Labute approximate surface area is 172 Å². The second kappa shape index (κ2) is 9.41. The van der Waals surface area contributed by atoms with E-state index in [1.165, 1.54) is 4.31 Å². The highest BCUT2D eigenvalue weighted by atomic mass is 32.2. The van der Waals surface area contributed by atoms with E-state index in [9.17, 15) is 13.2 Å². The van der Waals surface area contributed by atoms with Gasteiger partial charge < -0.3 is 10.1 Å². The predicted octanol–water partition coefficient (Wildman–Crippen LogP) is 3.97. The molecule has 0 bridgehead atoms. The number of carbonyl (C=O) groups is 1. The maximum Gasteiger partial charge on any atom is 0.243 e. The lowest BCUT2D eigenvalue weighted by molar-refractivity contribution is -0.117. The molecule has 3 rings (SSSR count). The number of hydrogen-bond donors (Lipinski definition) is 1. The zero-order valence-electron chi connectivity index (χ0n) is 16.9. The van der Waals surface area contributed by atoms with E-state index in [0.29, 0.717) is 31.0 Å². The maximum absolute atomic E-state index is 13.2. The first-order valence-corrected chi connectivity index (χ1v) is 11.5. The Kier molecular flexibility index (Phi) is 6.92. The number of sulfonamides is 1. The third-order valence-corrected chi connectivity index (χ3v) is 7.05. The highest BCUT2D eigenvalue weighted by molar-refractivity contribution is 7.89. The number of hydrogen-bond acceptors (Lipinski definition) is 4. The van der Waals surface area contributed by atoms with Crippen LogP contribution < -0.4 is 10.1 Å². The van der Waals surface area contributed by atoms with Gasteiger partial charge in [0.25, 0.3) is 0 Å². The molecule has 2 aromatic rings. The summed E-state index contributed by atoms with van der Waals surface area (Å²) in [5.74, 6) is 0.393. The van der Waals surface area contributed by atoms with Gasteiger partial charge in [0.1, 0.15) is 5.75 Å². The van der Waals surface area contributed by atoms with Gasteiger partial charge in [0.05, 0.1) is 17.2 Å². The second-order valence-corrected chi connectivity index (χ2v) is 9.15. The molecule has 1 atom stereocenters. The molecular formula is C22H28N2O4S. The summed E-state index contributed by atoms with van der Waals surface area (Å²) in [6.07, 6.45) is 2.50. The standard InChI is InChI=1S/C22H28N2O4S/c1-3-28-21-10-5-4-9-20(21)23-22(25)16-18-8-6-7-15-24(18)29(26,27)19-13-11-17(2)12-14-19/h4-5,9-14,18H,3,6-8,15-16H2,1-2H3,(H,23,25)/t18-/m1/s1. The smallest absolute Gasteiger partial charge is 0.243 e. The van der Waals surface area contributed by atoms with Crippen LogP contribution in [0.4, 0.5) is 5.69 Å². The third kappa shape index (κ3) is 5.16. The van der Waals surface area contributed by atoms with Gasteiger partial charge in [-0.2, -0.15) is 4.31 Å². The molecule has 29 heavy (non-hydrogen) atoms. The van der Waals surface area contributed by atoms with E-state index in [2.05, 4.69) is 5.32 Å². The predicted molar refractivity (Wildman–Crippen MR) is 114 cm³/mol. The quantitative estimate of drug-likeness (QED) is 0.741. The first-order chi connectivity index (χ1) is 13.9. The van der Waals surface area contributed by atoms with Crippen molar-refractivity contribution in [1.29, 1.82) is 0 Å². The Morgan fingerprint density at radius 2 is 1.86 bits per heavy atom. The van der Waals surface area contributed by atoms with Crippen LogP contribution in [0.3, 0.4) is 0 Å². The van der Waals surface area contributed by atoms with Crippen LogP contribution in [0.15, 0.2) is 53.4 Å². The Morgan fingerprint density at radius 3 is 2.59 bits per heavy atom. The summed E-state index contributed by atoms with van der Waals surface area (Å²) >= 11 is 0. The number of para-hydroxylation sites is 2. The number of piperidine rings is 1. The van der Waals surface area contributed by atoms with Gasteiger partial charge in [-0.1, -0.05) is 36.2 Å². The van der Waals surface area contributed by atoms with Crippen molar-refractivity contribution in [2.24, 2.45) is 0 Å². The van der Waals surface area contributed by atoms with Gasteiger partial charge in [-0.05, 0) is 51.0 Å². The molecule has 0 radical (unpaired) electrons. The monoisotopic (exact) mass is 416 g/mol. The lowest BCUT2D eigenvalue weighted by Crippen LogP contribution is -2.45. The second-order valence-electron chi connectivity index (χ2n) is 7.26. The van der Waals surface area contributed by atoms with E-state index in [1.54, 1.807) is 36.4 Å². The third-order valence-electron chi connectivity index (χ3n) is 5.08. The van der Waals surface area contributed by atoms with Gasteiger partial charge in [0.15, 0.2) is 0 Å². The molecule has 1 aliphatic heterocycles. The van der Waals surface area contributed by atoms with Crippen molar-refractivity contribution in [1.82, 2.24) is 4.31 Å². The van der Waals surface area contributed by atoms with Crippen LogP contribution in [0.5, 0.6) is 5.75 Å². The minimum absolute atomic E-state index is 0.117. The van der Waals surface area contributed by atoms with E-state index in [4.69, 9.17) is 4.74 Å². The number of nitrogens with zero attached hydrogens (tertiary/aromatic N) is 1. The zero-order chi connectivity index (χ0) is 20.9. The van der Waals surface area contributed by atoms with E-state index in [0.717, 1.165) is 18.4 Å². The molecule has 0 unspecified atom stereocenters. The zero-order valence-corrected chi connectivity index (χ0v) is 17.7. The lowest BCUT2D eigenvalue weighted by Gasteiger charge is -2.34. The van der Waals surface area contributed by atoms with Crippen LogP contribution in [0, 0.1) is 6.92 Å². The van der Waals surface area contributed by atoms with Crippen molar-refractivity contribution in [2.45, 2.75) is 50.5 Å². The highest BCUT2D eigenvalue weighted by Crippen LogP contribution is 2.29. The van der Waals surface area contributed by atoms with Crippen molar-refractivity contribution in [3.63, 3.8) is 0 Å². The number of carbonyl (C=O) groups excluding carboxylic acids is 1. The minimum atomic E-state index is -3.63. The van der Waals surface area contributed by atoms with Crippen LogP contribution in [-0.4, -0.2) is 37.8 Å². The van der Waals surface area contributed by atoms with Gasteiger partial charge in [-0.3, -0.25) is 4.79 Å². The summed E-state index contributed by atoms with van der Waals surface area (Å²) in [5, 5.41) is 2.88. The van der Waals surface area contributed by atoms with Crippen LogP contribution in [0.2, 0.25) is 0 Å². The number of ether oxygens (including phenoxy) is 1. The van der Waals surface area contributed by atoms with E-state index in [-0.39, 0.29) is 23.3 Å². The van der Waals surface area contributed by atoms with Crippen molar-refractivity contribution in [3.05, 3.63) is 54.1 Å². The van der Waals surface area contributed by atoms with Crippen molar-refractivity contribution in [2.75, 3.05) is 18.5 Å². The first-order valence-electron chi connectivity index (χ1n) is 10.0. The Bertz CT molecular complexity index is 942. The summed E-state index contributed by atoms with van der Waals surface area (Å²) in [6.45, 7) is 4.74. The summed E-state index contributed by atoms with van der Waals surface area (Å²) in [7, 11) is -3.63. The molecular weight excluding hydrogens is 388 g/mol. The van der Waals surface area contributed by atoms with Crippen molar-refractivity contribution >= 4 is 21.6 Å². The fraction of sp³-hybridized carbons (Fsp3) is 0.409. The number of nitrogens with one attached hydrogen (secondary N) is 1. The summed E-state index contributed by atoms with van der Waals surface area (Å²) in [4.78, 5) is 13.0. The number of anilines is 1. The molecule has 1 fully saturated rings. The van der Waals surface area contributed by atoms with Crippen LogP contribution in [0.25, 0.3) is 0 Å². The van der Waals surface area contributed by atoms with Crippen LogP contribution >= 0.6 is 0 Å². The fourth-order valence-electron chi connectivity index (χ4n) is 3.61. The number of aryl methyl sites for hydroxylation is 1. The van der Waals surface area contributed by atoms with E-state index >= 15 is 0 Å². The molecule has 0 aliphatic carbocycles. The molecule has 1 saturated heterocycles. The van der Waals surface area contributed by atoms with E-state index in [1.807, 2.05) is 26.0 Å². The van der Waals surface area contributed by atoms with E-state index < -0.39 is 10.0 Å². The Balaban J connectivity index is 1.75. The Hall–Kier alpha value is -2.38. The topological polar surface area (TPSA) is 75.7 Å². The molecule has 156 valence electrons. The number of amides is 1. The molecule has 1 amide bonds. The largest absolute Gasteiger partial charge is 0.492 e. The molecule has 1 aliphatic rings. The van der Waals surface area contributed by atoms with Crippen molar-refractivity contribution < 1.29 is 17.9 Å². The number of rotatable bonds is 7. The summed E-state index contributed by atoms with van der Waals surface area (Å²) in [5.41, 5.74) is 1.61. The maximum atomic E-state index is 13.2. The average molecular weight is 417 g/mol. The molecule has 1 heterocycles. The Morgan fingerprint density at radius 1 is 1.14 bits per heavy atom. The first kappa shape index (κ1) is 21.3. The molecule has 0 spiro atoms. The van der Waals surface area contributed by atoms with Crippen molar-refractivity contribution in [3.8, 4) is 5.75 Å². The van der Waals surface area contributed by atoms with Crippen LogP contribution in [0.1, 0.15) is 38.2 Å². The molecule has 7 heteroatoms. The molecule has 0 saturated carbocycles.